The summed E-state index contributed by atoms with van der Waals surface area (Å²) in [6.07, 6.45) is 2.68. The van der Waals surface area contributed by atoms with Crippen LogP contribution in [-0.4, -0.2) is 33.7 Å². The van der Waals surface area contributed by atoms with Gasteiger partial charge in [-0.25, -0.2) is 9.97 Å². The predicted molar refractivity (Wildman–Crippen MR) is 60.7 cm³/mol. The number of hydrogen-bond acceptors (Lipinski definition) is 6. The van der Waals surface area contributed by atoms with Gasteiger partial charge in [-0.1, -0.05) is 11.8 Å². The summed E-state index contributed by atoms with van der Waals surface area (Å²) in [5.74, 6) is 1.34. The number of rotatable bonds is 5. The third-order valence-corrected chi connectivity index (χ3v) is 2.98. The minimum Gasteiger partial charge on any atom is -0.396 e. The van der Waals surface area contributed by atoms with Gasteiger partial charge in [-0.15, -0.1) is 11.8 Å². The van der Waals surface area contributed by atoms with E-state index in [1.807, 2.05) is 6.26 Å². The van der Waals surface area contributed by atoms with Gasteiger partial charge in [-0.2, -0.15) is 0 Å². The standard InChI is InChI=1S/C8H13N3OS2/c1-13-8-10-6(9)5-7(11-8)14-4-2-3-12/h5,12H,2-4H2,1H3,(H2,9,10,11). The Morgan fingerprint density at radius 2 is 2.29 bits per heavy atom. The number of hydrogen-bond donors (Lipinski definition) is 2. The number of aliphatic hydroxyl groups excluding tert-OH is 1. The van der Waals surface area contributed by atoms with Crippen molar-refractivity contribution in [2.75, 3.05) is 24.3 Å². The Hall–Kier alpha value is -0.460. The Labute approximate surface area is 91.7 Å². The Bertz CT molecular complexity index is 296. The molecule has 0 atom stereocenters. The lowest BCUT2D eigenvalue weighted by Crippen LogP contribution is -1.96. The number of nitrogens with two attached hydrogens (primary N) is 1. The third-order valence-electron chi connectivity index (χ3n) is 1.44. The summed E-state index contributed by atoms with van der Waals surface area (Å²) in [6.45, 7) is 0.211. The van der Waals surface area contributed by atoms with Crippen molar-refractivity contribution in [1.29, 1.82) is 0 Å². The molecule has 0 amide bonds. The first-order valence-corrected chi connectivity index (χ1v) is 6.39. The lowest BCUT2D eigenvalue weighted by molar-refractivity contribution is 0.296. The van der Waals surface area contributed by atoms with Gasteiger partial charge in [0, 0.05) is 18.4 Å². The zero-order chi connectivity index (χ0) is 10.4. The normalized spacial score (nSPS) is 10.4. The van der Waals surface area contributed by atoms with Crippen LogP contribution in [0.4, 0.5) is 5.82 Å². The lowest BCUT2D eigenvalue weighted by Gasteiger charge is -2.02. The van der Waals surface area contributed by atoms with Crippen LogP contribution in [0.1, 0.15) is 6.42 Å². The van der Waals surface area contributed by atoms with Crippen LogP contribution in [-0.2, 0) is 0 Å². The largest absolute Gasteiger partial charge is 0.396 e. The summed E-state index contributed by atoms with van der Waals surface area (Å²) >= 11 is 3.06. The Kier molecular flexibility index (Phi) is 5.06. The molecule has 0 aliphatic heterocycles. The van der Waals surface area contributed by atoms with E-state index in [0.717, 1.165) is 17.2 Å². The van der Waals surface area contributed by atoms with Gasteiger partial charge in [-0.05, 0) is 12.7 Å². The van der Waals surface area contributed by atoms with Crippen molar-refractivity contribution in [3.63, 3.8) is 0 Å². The van der Waals surface area contributed by atoms with Crippen molar-refractivity contribution in [3.05, 3.63) is 6.07 Å². The smallest absolute Gasteiger partial charge is 0.190 e. The van der Waals surface area contributed by atoms with Crippen molar-refractivity contribution in [2.24, 2.45) is 0 Å². The third kappa shape index (κ3) is 3.73. The first kappa shape index (κ1) is 11.6. The van der Waals surface area contributed by atoms with Gasteiger partial charge in [0.1, 0.15) is 10.8 Å². The topological polar surface area (TPSA) is 72.0 Å². The molecule has 0 radical (unpaired) electrons. The number of anilines is 1. The fraction of sp³-hybridized carbons (Fsp3) is 0.500. The fourth-order valence-electron chi connectivity index (χ4n) is 0.827. The predicted octanol–water partition coefficient (Wildman–Crippen LogP) is 1.26. The molecule has 3 N–H and O–H groups in total. The molecule has 14 heavy (non-hydrogen) atoms. The molecule has 1 aromatic heterocycles. The van der Waals surface area contributed by atoms with Crippen LogP contribution in [0, 0.1) is 0 Å². The van der Waals surface area contributed by atoms with E-state index in [1.165, 1.54) is 11.8 Å². The molecule has 78 valence electrons. The SMILES string of the molecule is CSc1nc(N)cc(SCCCO)n1. The van der Waals surface area contributed by atoms with Crippen molar-refractivity contribution in [1.82, 2.24) is 9.97 Å². The summed E-state index contributed by atoms with van der Waals surface area (Å²) < 4.78 is 0. The van der Waals surface area contributed by atoms with E-state index < -0.39 is 0 Å². The molecule has 0 saturated heterocycles. The molecule has 0 unspecified atom stereocenters. The molecule has 6 heteroatoms. The van der Waals surface area contributed by atoms with E-state index >= 15 is 0 Å². The first-order valence-electron chi connectivity index (χ1n) is 4.18. The number of aromatic nitrogens is 2. The van der Waals surface area contributed by atoms with Crippen LogP contribution in [0.5, 0.6) is 0 Å². The molecule has 0 fully saturated rings. The molecule has 1 rings (SSSR count). The molecule has 0 spiro atoms. The van der Waals surface area contributed by atoms with E-state index in [2.05, 4.69) is 9.97 Å². The summed E-state index contributed by atoms with van der Waals surface area (Å²) in [6, 6.07) is 1.75. The highest BCUT2D eigenvalue weighted by Gasteiger charge is 2.01. The molecule has 1 heterocycles. The van der Waals surface area contributed by atoms with Gasteiger partial charge in [0.2, 0.25) is 0 Å². The van der Waals surface area contributed by atoms with Gasteiger partial charge in [0.05, 0.1) is 0 Å². The summed E-state index contributed by atoms with van der Waals surface area (Å²) in [5.41, 5.74) is 5.61. The Morgan fingerprint density at radius 3 is 2.93 bits per heavy atom. The highest BCUT2D eigenvalue weighted by atomic mass is 32.2. The van der Waals surface area contributed by atoms with E-state index in [0.29, 0.717) is 11.0 Å². The molecule has 0 saturated carbocycles. The maximum Gasteiger partial charge on any atom is 0.190 e. The Morgan fingerprint density at radius 1 is 1.50 bits per heavy atom. The lowest BCUT2D eigenvalue weighted by atomic mass is 10.5. The minimum atomic E-state index is 0.211. The summed E-state index contributed by atoms with van der Waals surface area (Å²) in [5, 5.41) is 10.2. The zero-order valence-electron chi connectivity index (χ0n) is 7.93. The van der Waals surface area contributed by atoms with E-state index in [1.54, 1.807) is 17.8 Å². The van der Waals surface area contributed by atoms with Crippen LogP contribution in [0.2, 0.25) is 0 Å². The Balaban J connectivity index is 2.62. The van der Waals surface area contributed by atoms with E-state index in [9.17, 15) is 0 Å². The second-order valence-corrected chi connectivity index (χ2v) is 4.43. The van der Waals surface area contributed by atoms with Crippen molar-refractivity contribution in [3.8, 4) is 0 Å². The number of thioether (sulfide) groups is 2. The van der Waals surface area contributed by atoms with Crippen LogP contribution >= 0.6 is 23.5 Å². The van der Waals surface area contributed by atoms with Gasteiger partial charge in [0.15, 0.2) is 5.16 Å². The molecule has 0 bridgehead atoms. The van der Waals surface area contributed by atoms with Gasteiger partial charge >= 0.3 is 0 Å². The highest BCUT2D eigenvalue weighted by molar-refractivity contribution is 7.99. The fourth-order valence-corrected chi connectivity index (χ4v) is 2.11. The van der Waals surface area contributed by atoms with Crippen LogP contribution in [0.25, 0.3) is 0 Å². The average Bonchev–Trinajstić information content (AvgIpc) is 2.17. The van der Waals surface area contributed by atoms with E-state index in [-0.39, 0.29) is 6.61 Å². The van der Waals surface area contributed by atoms with Crippen LogP contribution < -0.4 is 5.73 Å². The molecular formula is C8H13N3OS2. The minimum absolute atomic E-state index is 0.211. The molecule has 1 aromatic rings. The van der Waals surface area contributed by atoms with Crippen LogP contribution in [0.15, 0.2) is 16.2 Å². The van der Waals surface area contributed by atoms with Crippen molar-refractivity contribution >= 4 is 29.3 Å². The molecule has 0 aliphatic carbocycles. The van der Waals surface area contributed by atoms with Crippen LogP contribution in [0.3, 0.4) is 0 Å². The summed E-state index contributed by atoms with van der Waals surface area (Å²) in [7, 11) is 0. The maximum absolute atomic E-state index is 8.62. The zero-order valence-corrected chi connectivity index (χ0v) is 9.57. The number of nitrogens with zero attached hydrogens (tertiary/aromatic N) is 2. The van der Waals surface area contributed by atoms with Crippen molar-refractivity contribution < 1.29 is 5.11 Å². The van der Waals surface area contributed by atoms with Crippen molar-refractivity contribution in [2.45, 2.75) is 16.6 Å². The maximum atomic E-state index is 8.62. The van der Waals surface area contributed by atoms with Gasteiger partial charge in [0.25, 0.3) is 0 Å². The molecule has 4 nitrogen and oxygen atoms in total. The average molecular weight is 231 g/mol. The highest BCUT2D eigenvalue weighted by Crippen LogP contribution is 2.20. The second kappa shape index (κ2) is 6.10. The molecule has 0 aliphatic rings. The summed E-state index contributed by atoms with van der Waals surface area (Å²) in [4.78, 5) is 8.32. The number of nitrogen functional groups attached to an aromatic ring is 1. The first-order chi connectivity index (χ1) is 6.76. The quantitative estimate of drug-likeness (QED) is 0.344. The van der Waals surface area contributed by atoms with Gasteiger partial charge in [-0.3, -0.25) is 0 Å². The van der Waals surface area contributed by atoms with E-state index in [4.69, 9.17) is 10.8 Å². The molecule has 0 aromatic carbocycles. The second-order valence-electron chi connectivity index (χ2n) is 2.54. The monoisotopic (exact) mass is 231 g/mol. The van der Waals surface area contributed by atoms with Gasteiger partial charge < -0.3 is 10.8 Å². The number of aliphatic hydroxyl groups is 1. The molecular weight excluding hydrogens is 218 g/mol.